The van der Waals surface area contributed by atoms with E-state index in [4.69, 9.17) is 0 Å². The Balaban J connectivity index is 1.86. The average Bonchev–Trinajstić information content (AvgIpc) is 3.23. The molecular weight excluding hydrogens is 245 g/mol. The first kappa shape index (κ1) is 12.4. The minimum absolute atomic E-state index is 0.157. The van der Waals surface area contributed by atoms with Crippen molar-refractivity contribution in [3.63, 3.8) is 0 Å². The molecular formula is C14H18FN3O. The smallest absolute Gasteiger partial charge is 0.253 e. The zero-order valence-corrected chi connectivity index (χ0v) is 10.8. The highest BCUT2D eigenvalue weighted by Crippen LogP contribution is 2.25. The largest absolute Gasteiger partial charge is 0.368 e. The molecule has 1 saturated heterocycles. The van der Waals surface area contributed by atoms with Crippen molar-refractivity contribution in [3.8, 4) is 0 Å². The lowest BCUT2D eigenvalue weighted by Crippen LogP contribution is -2.44. The van der Waals surface area contributed by atoms with Crippen LogP contribution in [0.4, 0.5) is 10.1 Å². The first-order valence-electron chi connectivity index (χ1n) is 6.80. The fraction of sp³-hybridized carbons (Fsp3) is 0.500. The molecule has 1 aliphatic heterocycles. The summed E-state index contributed by atoms with van der Waals surface area (Å²) in [7, 11) is 0. The molecule has 0 spiro atoms. The number of piperazine rings is 1. The van der Waals surface area contributed by atoms with Gasteiger partial charge in [-0.25, -0.2) is 4.39 Å². The van der Waals surface area contributed by atoms with Crippen molar-refractivity contribution in [2.45, 2.75) is 18.9 Å². The number of nitrogens with one attached hydrogen (secondary N) is 2. The standard InChI is InChI=1S/C14H18FN3O/c15-10-1-4-13(18-7-5-16-6-8-18)12(9-10)14(19)17-11-2-3-11/h1,4,9,11,16H,2-3,5-8H2,(H,17,19). The monoisotopic (exact) mass is 263 g/mol. The minimum Gasteiger partial charge on any atom is -0.368 e. The summed E-state index contributed by atoms with van der Waals surface area (Å²) in [5.74, 6) is -0.518. The second kappa shape index (κ2) is 5.17. The third kappa shape index (κ3) is 2.87. The van der Waals surface area contributed by atoms with E-state index in [1.54, 1.807) is 6.07 Å². The predicted molar refractivity (Wildman–Crippen MR) is 72.0 cm³/mol. The Kier molecular flexibility index (Phi) is 3.38. The normalized spacial score (nSPS) is 19.3. The molecule has 19 heavy (non-hydrogen) atoms. The minimum atomic E-state index is -0.361. The predicted octanol–water partition coefficient (Wildman–Crippen LogP) is 1.13. The lowest BCUT2D eigenvalue weighted by Gasteiger charge is -2.30. The number of hydrogen-bond acceptors (Lipinski definition) is 3. The zero-order chi connectivity index (χ0) is 13.2. The molecule has 2 aliphatic rings. The Morgan fingerprint density at radius 3 is 2.74 bits per heavy atom. The number of benzene rings is 1. The number of anilines is 1. The third-order valence-electron chi connectivity index (χ3n) is 3.57. The Morgan fingerprint density at radius 2 is 2.05 bits per heavy atom. The van der Waals surface area contributed by atoms with Crippen LogP contribution < -0.4 is 15.5 Å². The van der Waals surface area contributed by atoms with Crippen molar-refractivity contribution < 1.29 is 9.18 Å². The molecule has 2 fully saturated rings. The van der Waals surface area contributed by atoms with Gasteiger partial charge in [0.15, 0.2) is 0 Å². The van der Waals surface area contributed by atoms with E-state index in [0.29, 0.717) is 5.56 Å². The zero-order valence-electron chi connectivity index (χ0n) is 10.8. The molecule has 0 aromatic heterocycles. The lowest BCUT2D eigenvalue weighted by molar-refractivity contribution is 0.0951. The highest BCUT2D eigenvalue weighted by atomic mass is 19.1. The van der Waals surface area contributed by atoms with Crippen LogP contribution in [0.15, 0.2) is 18.2 Å². The van der Waals surface area contributed by atoms with E-state index in [-0.39, 0.29) is 17.8 Å². The van der Waals surface area contributed by atoms with E-state index >= 15 is 0 Å². The summed E-state index contributed by atoms with van der Waals surface area (Å²) in [6.07, 6.45) is 2.06. The topological polar surface area (TPSA) is 44.4 Å². The summed E-state index contributed by atoms with van der Waals surface area (Å²) in [6, 6.07) is 4.76. The van der Waals surface area contributed by atoms with Crippen LogP contribution in [0.1, 0.15) is 23.2 Å². The molecule has 1 saturated carbocycles. The van der Waals surface area contributed by atoms with Crippen LogP contribution in [0.3, 0.4) is 0 Å². The quantitative estimate of drug-likeness (QED) is 0.859. The number of hydrogen-bond donors (Lipinski definition) is 2. The van der Waals surface area contributed by atoms with Gasteiger partial charge < -0.3 is 15.5 Å². The number of amides is 1. The molecule has 1 aromatic rings. The van der Waals surface area contributed by atoms with E-state index < -0.39 is 0 Å². The van der Waals surface area contributed by atoms with E-state index in [1.165, 1.54) is 12.1 Å². The molecule has 1 amide bonds. The summed E-state index contributed by atoms with van der Waals surface area (Å²) in [5.41, 5.74) is 1.29. The van der Waals surface area contributed by atoms with Crippen LogP contribution >= 0.6 is 0 Å². The molecule has 3 rings (SSSR count). The van der Waals surface area contributed by atoms with Gasteiger partial charge in [-0.3, -0.25) is 4.79 Å². The molecule has 1 aromatic carbocycles. The highest BCUT2D eigenvalue weighted by Gasteiger charge is 2.26. The summed E-state index contributed by atoms with van der Waals surface area (Å²) in [4.78, 5) is 14.3. The summed E-state index contributed by atoms with van der Waals surface area (Å²) in [5, 5.41) is 6.20. The second-order valence-electron chi connectivity index (χ2n) is 5.15. The fourth-order valence-corrected chi connectivity index (χ4v) is 2.36. The second-order valence-corrected chi connectivity index (χ2v) is 5.15. The SMILES string of the molecule is O=C(NC1CC1)c1cc(F)ccc1N1CCNCC1. The van der Waals surface area contributed by atoms with E-state index in [9.17, 15) is 9.18 Å². The molecule has 0 bridgehead atoms. The van der Waals surface area contributed by atoms with Crippen LogP contribution in [-0.4, -0.2) is 38.1 Å². The number of carbonyl (C=O) groups excluding carboxylic acids is 1. The molecule has 0 unspecified atom stereocenters. The van der Waals surface area contributed by atoms with Crippen molar-refractivity contribution >= 4 is 11.6 Å². The molecule has 2 N–H and O–H groups in total. The summed E-state index contributed by atoms with van der Waals surface area (Å²) < 4.78 is 13.4. The van der Waals surface area contributed by atoms with Crippen LogP contribution in [0.25, 0.3) is 0 Å². The Hall–Kier alpha value is -1.62. The maximum atomic E-state index is 13.4. The van der Waals surface area contributed by atoms with E-state index in [2.05, 4.69) is 15.5 Å². The van der Waals surface area contributed by atoms with Gasteiger partial charge in [0.25, 0.3) is 5.91 Å². The van der Waals surface area contributed by atoms with Crippen molar-refractivity contribution in [3.05, 3.63) is 29.6 Å². The van der Waals surface area contributed by atoms with Crippen LogP contribution in [0.5, 0.6) is 0 Å². The molecule has 1 heterocycles. The third-order valence-corrected chi connectivity index (χ3v) is 3.57. The van der Waals surface area contributed by atoms with Gasteiger partial charge in [-0.2, -0.15) is 0 Å². The van der Waals surface area contributed by atoms with Crippen LogP contribution in [0, 0.1) is 5.82 Å². The van der Waals surface area contributed by atoms with Crippen LogP contribution in [-0.2, 0) is 0 Å². The maximum absolute atomic E-state index is 13.4. The van der Waals surface area contributed by atoms with Crippen molar-refractivity contribution in [2.75, 3.05) is 31.1 Å². The molecule has 102 valence electrons. The van der Waals surface area contributed by atoms with E-state index in [0.717, 1.165) is 44.7 Å². The fourth-order valence-electron chi connectivity index (χ4n) is 2.36. The van der Waals surface area contributed by atoms with Gasteiger partial charge in [-0.05, 0) is 31.0 Å². The first-order chi connectivity index (χ1) is 9.24. The number of nitrogens with zero attached hydrogens (tertiary/aromatic N) is 1. The number of halogens is 1. The Bertz CT molecular complexity index is 482. The molecule has 0 atom stereocenters. The van der Waals surface area contributed by atoms with Gasteiger partial charge in [-0.15, -0.1) is 0 Å². The van der Waals surface area contributed by atoms with Gasteiger partial charge in [-0.1, -0.05) is 0 Å². The summed E-state index contributed by atoms with van der Waals surface area (Å²) in [6.45, 7) is 3.47. The van der Waals surface area contributed by atoms with Gasteiger partial charge in [0, 0.05) is 37.9 Å². The van der Waals surface area contributed by atoms with Gasteiger partial charge in [0.1, 0.15) is 5.82 Å². The lowest BCUT2D eigenvalue weighted by atomic mass is 10.1. The maximum Gasteiger partial charge on any atom is 0.253 e. The van der Waals surface area contributed by atoms with Crippen molar-refractivity contribution in [1.29, 1.82) is 0 Å². The molecule has 4 nitrogen and oxygen atoms in total. The van der Waals surface area contributed by atoms with Gasteiger partial charge >= 0.3 is 0 Å². The van der Waals surface area contributed by atoms with Gasteiger partial charge in [0.2, 0.25) is 0 Å². The first-order valence-corrected chi connectivity index (χ1v) is 6.80. The molecule has 5 heteroatoms. The number of carbonyl (C=O) groups is 1. The average molecular weight is 263 g/mol. The number of rotatable bonds is 3. The Labute approximate surface area is 112 Å². The molecule has 0 radical (unpaired) electrons. The van der Waals surface area contributed by atoms with Crippen LogP contribution in [0.2, 0.25) is 0 Å². The molecule has 1 aliphatic carbocycles. The summed E-state index contributed by atoms with van der Waals surface area (Å²) >= 11 is 0. The van der Waals surface area contributed by atoms with E-state index in [1.807, 2.05) is 0 Å². The highest BCUT2D eigenvalue weighted by molar-refractivity contribution is 6.00. The van der Waals surface area contributed by atoms with Crippen molar-refractivity contribution in [2.24, 2.45) is 0 Å². The van der Waals surface area contributed by atoms with Crippen molar-refractivity contribution in [1.82, 2.24) is 10.6 Å². The Morgan fingerprint density at radius 1 is 1.32 bits per heavy atom. The van der Waals surface area contributed by atoms with Gasteiger partial charge in [0.05, 0.1) is 5.56 Å².